The molecule has 0 aromatic rings. The van der Waals surface area contributed by atoms with Gasteiger partial charge < -0.3 is 30.3 Å². The highest BCUT2D eigenvalue weighted by Gasteiger charge is 2.51. The van der Waals surface area contributed by atoms with Crippen molar-refractivity contribution in [3.8, 4) is 0 Å². The third-order valence-corrected chi connectivity index (χ3v) is 3.67. The summed E-state index contributed by atoms with van der Waals surface area (Å²) in [5, 5.41) is 18.8. The fourth-order valence-corrected chi connectivity index (χ4v) is 2.61. The van der Waals surface area contributed by atoms with Crippen LogP contribution in [-0.4, -0.2) is 83.8 Å². The number of ether oxygens (including phenoxy) is 2. The fourth-order valence-electron chi connectivity index (χ4n) is 2.61. The van der Waals surface area contributed by atoms with E-state index in [0.29, 0.717) is 0 Å². The van der Waals surface area contributed by atoms with Crippen LogP contribution < -0.4 is 5.73 Å². The van der Waals surface area contributed by atoms with E-state index in [1.807, 2.05) is 0 Å². The fraction of sp³-hybridized carbons (Fsp3) is 0.727. The van der Waals surface area contributed by atoms with Crippen molar-refractivity contribution in [2.45, 2.75) is 36.8 Å². The number of nitrogens with two attached hydrogens (primary N) is 1. The lowest BCUT2D eigenvalue weighted by Crippen LogP contribution is -2.50. The molecule has 0 saturated carbocycles. The largest absolute Gasteiger partial charge is 0.482 e. The first-order valence-electron chi connectivity index (χ1n) is 6.42. The Balaban J connectivity index is 1.83. The van der Waals surface area contributed by atoms with Gasteiger partial charge in [-0.2, -0.15) is 4.99 Å². The third-order valence-electron chi connectivity index (χ3n) is 3.67. The quantitative estimate of drug-likeness (QED) is 0.532. The molecule has 0 amide bonds. The molecule has 2 unspecified atom stereocenters. The number of hydrogen-bond donors (Lipinski definition) is 3. The maximum absolute atomic E-state index is 14.2. The van der Waals surface area contributed by atoms with Gasteiger partial charge in [0.2, 0.25) is 11.9 Å². The number of alkyl halides is 1. The highest BCUT2D eigenvalue weighted by Crippen LogP contribution is 2.31. The van der Waals surface area contributed by atoms with E-state index >= 15 is 0 Å². The number of guanidine groups is 1. The maximum atomic E-state index is 14.2. The molecule has 3 aliphatic rings. The van der Waals surface area contributed by atoms with Crippen molar-refractivity contribution in [3.05, 3.63) is 0 Å². The van der Waals surface area contributed by atoms with Crippen LogP contribution in [0, 0.1) is 0 Å². The van der Waals surface area contributed by atoms with Crippen LogP contribution in [0.15, 0.2) is 15.0 Å². The van der Waals surface area contributed by atoms with Crippen LogP contribution in [0.25, 0.3) is 0 Å². The van der Waals surface area contributed by atoms with Crippen molar-refractivity contribution >= 4 is 18.2 Å². The van der Waals surface area contributed by atoms with Gasteiger partial charge in [-0.15, -0.1) is 0 Å². The van der Waals surface area contributed by atoms with Crippen LogP contribution >= 0.6 is 0 Å². The number of aliphatic imine (C=N–C) groups is 3. The molecule has 0 aromatic carbocycles. The van der Waals surface area contributed by atoms with E-state index in [0.717, 1.165) is 0 Å². The highest BCUT2D eigenvalue weighted by molar-refractivity contribution is 5.99. The lowest BCUT2D eigenvalue weighted by molar-refractivity contribution is -0.0695. The topological polar surface area (TPSA) is 125 Å². The summed E-state index contributed by atoms with van der Waals surface area (Å²) in [6.07, 6.45) is -4.48. The van der Waals surface area contributed by atoms with Crippen molar-refractivity contribution < 1.29 is 24.1 Å². The van der Waals surface area contributed by atoms with Crippen molar-refractivity contribution in [2.75, 3.05) is 13.7 Å². The summed E-state index contributed by atoms with van der Waals surface area (Å²) < 4.78 is 24.6. The number of aliphatic hydroxyl groups excluding tert-OH is 2. The summed E-state index contributed by atoms with van der Waals surface area (Å²) in [6, 6.07) is -0.539. The first kappa shape index (κ1) is 14.2. The summed E-state index contributed by atoms with van der Waals surface area (Å²) in [6.45, 7) is -0.479. The summed E-state index contributed by atoms with van der Waals surface area (Å²) in [7, 11) is 1.43. The van der Waals surface area contributed by atoms with Crippen molar-refractivity contribution in [3.63, 3.8) is 0 Å². The van der Waals surface area contributed by atoms with Crippen LogP contribution in [0.2, 0.25) is 0 Å². The second kappa shape index (κ2) is 5.20. The van der Waals surface area contributed by atoms with E-state index in [4.69, 9.17) is 20.3 Å². The first-order valence-corrected chi connectivity index (χ1v) is 6.42. The molecule has 3 rings (SSSR count). The molecule has 0 radical (unpaired) electrons. The van der Waals surface area contributed by atoms with Crippen molar-refractivity contribution in [1.29, 1.82) is 0 Å². The zero-order valence-corrected chi connectivity index (χ0v) is 11.2. The van der Waals surface area contributed by atoms with Gasteiger partial charge in [0.15, 0.2) is 24.6 Å². The molecular formula is C11H16FN5O4. The average molecular weight is 301 g/mol. The number of hydrogen-bond acceptors (Lipinski definition) is 9. The first-order chi connectivity index (χ1) is 10.1. The van der Waals surface area contributed by atoms with E-state index < -0.39 is 43.4 Å². The molecule has 10 heteroatoms. The Morgan fingerprint density at radius 1 is 1.57 bits per heavy atom. The Morgan fingerprint density at radius 3 is 2.95 bits per heavy atom. The molecule has 0 aromatic heterocycles. The Labute approximate surface area is 119 Å². The normalized spacial score (nSPS) is 41.8. The maximum Gasteiger partial charge on any atom is 0.220 e. The molecule has 0 aliphatic carbocycles. The molecule has 3 aliphatic heterocycles. The predicted octanol–water partition coefficient (Wildman–Crippen LogP) is -2.19. The van der Waals surface area contributed by atoms with Crippen molar-refractivity contribution in [1.82, 2.24) is 4.90 Å². The molecule has 116 valence electrons. The van der Waals surface area contributed by atoms with Gasteiger partial charge in [-0.3, -0.25) is 4.99 Å². The lowest BCUT2D eigenvalue weighted by Gasteiger charge is -2.31. The molecule has 6 atom stereocenters. The summed E-state index contributed by atoms with van der Waals surface area (Å²) in [5.74, 6) is 0.273. The Kier molecular flexibility index (Phi) is 3.51. The monoisotopic (exact) mass is 301 g/mol. The number of rotatable bonds is 2. The zero-order valence-electron chi connectivity index (χ0n) is 11.2. The molecule has 0 bridgehead atoms. The zero-order chi connectivity index (χ0) is 15.1. The Morgan fingerprint density at radius 2 is 2.33 bits per heavy atom. The second-order valence-electron chi connectivity index (χ2n) is 4.89. The van der Waals surface area contributed by atoms with Crippen LogP contribution in [0.5, 0.6) is 0 Å². The molecular weight excluding hydrogens is 285 g/mol. The summed E-state index contributed by atoms with van der Waals surface area (Å²) in [4.78, 5) is 13.6. The third kappa shape index (κ3) is 2.15. The van der Waals surface area contributed by atoms with Gasteiger partial charge in [-0.25, -0.2) is 9.38 Å². The van der Waals surface area contributed by atoms with Gasteiger partial charge in [0, 0.05) is 0 Å². The lowest BCUT2D eigenvalue weighted by atomic mass is 10.1. The molecule has 9 nitrogen and oxygen atoms in total. The summed E-state index contributed by atoms with van der Waals surface area (Å²) >= 11 is 0. The average Bonchev–Trinajstić information content (AvgIpc) is 3.01. The van der Waals surface area contributed by atoms with Crippen LogP contribution in [-0.2, 0) is 9.47 Å². The van der Waals surface area contributed by atoms with Gasteiger partial charge in [0.25, 0.3) is 0 Å². The SMILES string of the molecule is COC1=NC(N)=NC2C1N=CN2[C@@H]1O[C@H](CO)[C@@H](O)[C@H]1F. The summed E-state index contributed by atoms with van der Waals surface area (Å²) in [5.41, 5.74) is 5.61. The standard InChI is InChI=1S/C11H16FN5O4/c1-20-9-6-8(15-11(13)16-9)17(3-14-6)10-5(12)7(19)4(2-18)21-10/h3-8,10,18-19H,2H2,1H3,(H2,13,15)/t4-,5-,6?,7-,8?,10-/m1/s1. The highest BCUT2D eigenvalue weighted by atomic mass is 19.1. The minimum atomic E-state index is -1.70. The van der Waals surface area contributed by atoms with Gasteiger partial charge in [-0.05, 0) is 0 Å². The van der Waals surface area contributed by atoms with Gasteiger partial charge in [-0.1, -0.05) is 0 Å². The van der Waals surface area contributed by atoms with Crippen molar-refractivity contribution in [2.24, 2.45) is 20.7 Å². The number of methoxy groups -OCH3 is 1. The van der Waals surface area contributed by atoms with Crippen LogP contribution in [0.1, 0.15) is 0 Å². The van der Waals surface area contributed by atoms with Gasteiger partial charge in [0.1, 0.15) is 12.2 Å². The van der Waals surface area contributed by atoms with Gasteiger partial charge in [0.05, 0.1) is 20.1 Å². The van der Waals surface area contributed by atoms with E-state index in [-0.39, 0.29) is 11.9 Å². The number of nitrogens with zero attached hydrogens (tertiary/aromatic N) is 4. The molecule has 4 N–H and O–H groups in total. The van der Waals surface area contributed by atoms with Crippen LogP contribution in [0.3, 0.4) is 0 Å². The Bertz CT molecular complexity index is 513. The molecule has 0 spiro atoms. The Hall–Kier alpha value is -1.78. The molecule has 1 saturated heterocycles. The number of fused-ring (bicyclic) bond motifs is 1. The van der Waals surface area contributed by atoms with E-state index in [9.17, 15) is 9.50 Å². The smallest absolute Gasteiger partial charge is 0.220 e. The minimum Gasteiger partial charge on any atom is -0.482 e. The minimum absolute atomic E-state index is 0.00346. The number of aliphatic hydroxyl groups is 2. The van der Waals surface area contributed by atoms with Gasteiger partial charge >= 0.3 is 0 Å². The second-order valence-corrected chi connectivity index (χ2v) is 4.89. The van der Waals surface area contributed by atoms with Crippen LogP contribution in [0.4, 0.5) is 4.39 Å². The number of halogens is 1. The molecule has 3 heterocycles. The predicted molar refractivity (Wildman–Crippen MR) is 70.6 cm³/mol. The molecule has 1 fully saturated rings. The molecule has 21 heavy (non-hydrogen) atoms. The van der Waals surface area contributed by atoms with E-state index in [1.54, 1.807) is 0 Å². The van der Waals surface area contributed by atoms with E-state index in [1.165, 1.54) is 18.3 Å². The van der Waals surface area contributed by atoms with E-state index in [2.05, 4.69) is 15.0 Å².